The van der Waals surface area contributed by atoms with E-state index in [0.717, 1.165) is 0 Å². The van der Waals surface area contributed by atoms with Gasteiger partial charge in [-0.3, -0.25) is 9.59 Å². The van der Waals surface area contributed by atoms with Crippen molar-refractivity contribution in [2.24, 2.45) is 0 Å². The molecule has 2 aliphatic rings. The van der Waals surface area contributed by atoms with Crippen LogP contribution in [0.25, 0.3) is 5.76 Å². The van der Waals surface area contributed by atoms with Gasteiger partial charge in [0.05, 0.1) is 12.2 Å². The molecule has 1 aliphatic heterocycles. The first kappa shape index (κ1) is 19.3. The molecule has 0 bridgehead atoms. The average molecular weight is 382 g/mol. The van der Waals surface area contributed by atoms with E-state index in [1.165, 1.54) is 19.1 Å². The largest absolute Gasteiger partial charge is 0.507 e. The molecule has 0 radical (unpaired) electrons. The molecule has 0 saturated carbocycles. The Morgan fingerprint density at radius 2 is 1.70 bits per heavy atom. The van der Waals surface area contributed by atoms with Crippen molar-refractivity contribution < 1.29 is 49.7 Å². The van der Waals surface area contributed by atoms with Crippen LogP contribution in [0.15, 0.2) is 17.7 Å². The van der Waals surface area contributed by atoms with Crippen LogP contribution in [0, 0.1) is 0 Å². The van der Waals surface area contributed by atoms with Gasteiger partial charge in [-0.1, -0.05) is 0 Å². The SMILES string of the molecule is CC1=C(O)c2ccc(O[C@@H]3OC(CO)[C@@H](O)[C@H](O)[C@@H]3O)c(O)c2C(=O)C1=O. The molecule has 0 amide bonds. The second kappa shape index (κ2) is 6.91. The summed E-state index contributed by atoms with van der Waals surface area (Å²) in [7, 11) is 0. The Morgan fingerprint density at radius 3 is 2.33 bits per heavy atom. The topological polar surface area (TPSA) is 174 Å². The predicted octanol–water partition coefficient (Wildman–Crippen LogP) is -1.37. The maximum absolute atomic E-state index is 12.2. The molecule has 146 valence electrons. The van der Waals surface area contributed by atoms with Crippen LogP contribution in [0.5, 0.6) is 11.5 Å². The number of aromatic hydroxyl groups is 1. The summed E-state index contributed by atoms with van der Waals surface area (Å²) in [5.41, 5.74) is -0.685. The molecule has 3 rings (SSSR count). The van der Waals surface area contributed by atoms with Crippen molar-refractivity contribution in [3.63, 3.8) is 0 Å². The van der Waals surface area contributed by atoms with Gasteiger partial charge >= 0.3 is 0 Å². The number of carbonyl (C=O) groups is 2. The van der Waals surface area contributed by atoms with Crippen molar-refractivity contribution >= 4 is 17.3 Å². The zero-order valence-corrected chi connectivity index (χ0v) is 14.1. The van der Waals surface area contributed by atoms with Gasteiger partial charge in [-0.05, 0) is 19.1 Å². The summed E-state index contributed by atoms with van der Waals surface area (Å²) >= 11 is 0. The Hall–Kier alpha value is -2.50. The first-order chi connectivity index (χ1) is 12.7. The molecule has 1 aromatic rings. The zero-order chi connectivity index (χ0) is 20.0. The minimum Gasteiger partial charge on any atom is -0.507 e. The Balaban J connectivity index is 1.96. The first-order valence-electron chi connectivity index (χ1n) is 8.01. The van der Waals surface area contributed by atoms with Crippen LogP contribution in [-0.4, -0.2) is 79.5 Å². The predicted molar refractivity (Wildman–Crippen MR) is 87.1 cm³/mol. The molecule has 5 atom stereocenters. The Kier molecular flexibility index (Phi) is 4.93. The van der Waals surface area contributed by atoms with Crippen LogP contribution >= 0.6 is 0 Å². The van der Waals surface area contributed by atoms with Gasteiger partial charge < -0.3 is 40.1 Å². The minimum absolute atomic E-state index is 0.0595. The molecule has 6 N–H and O–H groups in total. The number of phenols is 1. The van der Waals surface area contributed by atoms with E-state index >= 15 is 0 Å². The van der Waals surface area contributed by atoms with Crippen LogP contribution in [0.1, 0.15) is 22.8 Å². The van der Waals surface area contributed by atoms with Crippen molar-refractivity contribution in [3.8, 4) is 11.5 Å². The lowest BCUT2D eigenvalue weighted by Crippen LogP contribution is -2.60. The van der Waals surface area contributed by atoms with E-state index in [4.69, 9.17) is 9.47 Å². The lowest BCUT2D eigenvalue weighted by Gasteiger charge is -2.39. The number of hydrogen-bond donors (Lipinski definition) is 6. The van der Waals surface area contributed by atoms with Gasteiger partial charge in [-0.15, -0.1) is 0 Å². The van der Waals surface area contributed by atoms with E-state index < -0.39 is 66.0 Å². The summed E-state index contributed by atoms with van der Waals surface area (Å²) in [4.78, 5) is 24.1. The average Bonchev–Trinajstić information content (AvgIpc) is 2.66. The molecule has 10 nitrogen and oxygen atoms in total. The third-order valence-electron chi connectivity index (χ3n) is 4.62. The van der Waals surface area contributed by atoms with Crippen LogP contribution in [0.4, 0.5) is 0 Å². The fourth-order valence-electron chi connectivity index (χ4n) is 2.98. The standard InChI is InChI=1S/C17H18O10/c1-5-10(19)6-2-3-7(12(21)9(6)14(23)11(5)20)26-17-16(25)15(24)13(22)8(4-18)27-17/h2-3,8,13,15-19,21-22,24-25H,4H2,1H3/t8?,13-,15+,16+,17-/m1/s1. The van der Waals surface area contributed by atoms with Gasteiger partial charge in [0.25, 0.3) is 0 Å². The molecule has 10 heteroatoms. The monoisotopic (exact) mass is 382 g/mol. The van der Waals surface area contributed by atoms with Crippen LogP contribution in [0.3, 0.4) is 0 Å². The van der Waals surface area contributed by atoms with E-state index in [9.17, 15) is 40.2 Å². The molecule has 1 heterocycles. The third-order valence-corrected chi connectivity index (χ3v) is 4.62. The number of hydrogen-bond acceptors (Lipinski definition) is 10. The number of carbonyl (C=O) groups excluding carboxylic acids is 2. The molecule has 0 spiro atoms. The summed E-state index contributed by atoms with van der Waals surface area (Å²) in [5, 5.41) is 59.1. The fourth-order valence-corrected chi connectivity index (χ4v) is 2.98. The zero-order valence-electron chi connectivity index (χ0n) is 14.1. The molecule has 1 fully saturated rings. The summed E-state index contributed by atoms with van der Waals surface area (Å²) in [6, 6.07) is 2.40. The van der Waals surface area contributed by atoms with Crippen molar-refractivity contribution in [1.29, 1.82) is 0 Å². The van der Waals surface area contributed by atoms with E-state index in [2.05, 4.69) is 0 Å². The third kappa shape index (κ3) is 2.97. The summed E-state index contributed by atoms with van der Waals surface area (Å²) in [6.45, 7) is 0.597. The number of benzene rings is 1. The molecule has 1 aliphatic carbocycles. The van der Waals surface area contributed by atoms with Gasteiger partial charge in [0.1, 0.15) is 30.2 Å². The van der Waals surface area contributed by atoms with E-state index in [0.29, 0.717) is 0 Å². The summed E-state index contributed by atoms with van der Waals surface area (Å²) in [6.07, 6.45) is -7.84. The second-order valence-electron chi connectivity index (χ2n) is 6.28. The second-order valence-corrected chi connectivity index (χ2v) is 6.28. The summed E-state index contributed by atoms with van der Waals surface area (Å²) < 4.78 is 10.5. The highest BCUT2D eigenvalue weighted by atomic mass is 16.7. The highest BCUT2D eigenvalue weighted by Crippen LogP contribution is 2.40. The van der Waals surface area contributed by atoms with Gasteiger partial charge in [0.2, 0.25) is 17.9 Å². The van der Waals surface area contributed by atoms with Crippen LogP contribution in [-0.2, 0) is 9.53 Å². The van der Waals surface area contributed by atoms with Crippen molar-refractivity contribution in [3.05, 3.63) is 28.8 Å². The number of allylic oxidation sites excluding steroid dienone is 1. The highest BCUT2D eigenvalue weighted by Gasteiger charge is 2.45. The van der Waals surface area contributed by atoms with Crippen molar-refractivity contribution in [2.75, 3.05) is 6.61 Å². The molecular formula is C17H18O10. The Bertz CT molecular complexity index is 827. The number of aliphatic hydroxyl groups is 5. The molecule has 1 aromatic carbocycles. The van der Waals surface area contributed by atoms with Gasteiger partial charge in [0.15, 0.2) is 11.5 Å². The van der Waals surface area contributed by atoms with Gasteiger partial charge in [0, 0.05) is 11.1 Å². The van der Waals surface area contributed by atoms with Gasteiger partial charge in [-0.2, -0.15) is 0 Å². The number of rotatable bonds is 3. The Morgan fingerprint density at radius 1 is 1.04 bits per heavy atom. The summed E-state index contributed by atoms with van der Waals surface area (Å²) in [5.74, 6) is -3.62. The number of aliphatic hydroxyl groups excluding tert-OH is 5. The molecule has 27 heavy (non-hydrogen) atoms. The molecule has 1 unspecified atom stereocenters. The van der Waals surface area contributed by atoms with Crippen molar-refractivity contribution in [2.45, 2.75) is 37.6 Å². The number of fused-ring (bicyclic) bond motifs is 1. The maximum atomic E-state index is 12.2. The first-order valence-corrected chi connectivity index (χ1v) is 8.01. The van der Waals surface area contributed by atoms with Crippen LogP contribution < -0.4 is 4.74 Å². The number of Topliss-reactive ketones (excluding diaryl/α,β-unsaturated/α-hetero) is 2. The lowest BCUT2D eigenvalue weighted by molar-refractivity contribution is -0.277. The highest BCUT2D eigenvalue weighted by molar-refractivity contribution is 6.52. The molecule has 0 aromatic heterocycles. The Labute approximate surface area is 152 Å². The molecule has 1 saturated heterocycles. The number of ketones is 2. The number of phenolic OH excluding ortho intramolecular Hbond substituents is 1. The normalized spacial score (nSPS) is 31.1. The molecular weight excluding hydrogens is 364 g/mol. The van der Waals surface area contributed by atoms with Crippen molar-refractivity contribution in [1.82, 2.24) is 0 Å². The smallest absolute Gasteiger partial charge is 0.237 e. The number of ether oxygens (including phenoxy) is 2. The quantitative estimate of drug-likeness (QED) is 0.342. The van der Waals surface area contributed by atoms with Crippen LogP contribution in [0.2, 0.25) is 0 Å². The van der Waals surface area contributed by atoms with Gasteiger partial charge in [-0.25, -0.2) is 0 Å². The lowest BCUT2D eigenvalue weighted by atomic mass is 9.88. The van der Waals surface area contributed by atoms with E-state index in [1.807, 2.05) is 0 Å². The minimum atomic E-state index is -1.73. The van der Waals surface area contributed by atoms with E-state index in [-0.39, 0.29) is 16.9 Å². The fraction of sp³-hybridized carbons (Fsp3) is 0.412. The van der Waals surface area contributed by atoms with E-state index in [1.54, 1.807) is 0 Å². The maximum Gasteiger partial charge on any atom is 0.237 e.